The van der Waals surface area contributed by atoms with Crippen LogP contribution in [0, 0.1) is 0 Å². The first kappa shape index (κ1) is 15.6. The fraction of sp³-hybridized carbons (Fsp3) is 0.182. The largest absolute Gasteiger partial charge is 0.256 e. The number of pyridine rings is 1. The lowest BCUT2D eigenvalue weighted by Crippen LogP contribution is -2.01. The van der Waals surface area contributed by atoms with E-state index in [-0.39, 0.29) is 0 Å². The van der Waals surface area contributed by atoms with Crippen LogP contribution in [0.1, 0.15) is 23.4 Å². The number of hydrogen-bond acceptors (Lipinski definition) is 3. The highest BCUT2D eigenvalue weighted by Gasteiger charge is 2.23. The first-order chi connectivity index (χ1) is 12.9. The molecule has 0 aliphatic heterocycles. The molecule has 0 spiro atoms. The third-order valence-electron chi connectivity index (χ3n) is 4.99. The maximum Gasteiger partial charge on any atom is 0.0766 e. The van der Waals surface area contributed by atoms with Gasteiger partial charge >= 0.3 is 0 Å². The summed E-state index contributed by atoms with van der Waals surface area (Å²) in [5.74, 6) is 0.899. The lowest BCUT2D eigenvalue weighted by molar-refractivity contribution is 0.771. The standard InChI is InChI=1S/C22H19N3S/c1-2-7-16(8-3-1)25-21-12-6-10-17(21)20(24-25)15-26-22-13-14-23-19-11-5-4-9-18(19)22/h1-5,7-9,11,13-14H,6,10,12,15H2. The molecule has 0 amide bonds. The lowest BCUT2D eigenvalue weighted by atomic mass is 10.2. The van der Waals surface area contributed by atoms with Gasteiger partial charge in [-0.3, -0.25) is 4.98 Å². The summed E-state index contributed by atoms with van der Waals surface area (Å²) in [7, 11) is 0. The van der Waals surface area contributed by atoms with Crippen LogP contribution in [0.4, 0.5) is 0 Å². The zero-order chi connectivity index (χ0) is 17.3. The van der Waals surface area contributed by atoms with Crippen molar-refractivity contribution in [2.75, 3.05) is 0 Å². The number of aromatic nitrogens is 3. The molecule has 1 aliphatic carbocycles. The Morgan fingerprint density at radius 1 is 0.923 bits per heavy atom. The van der Waals surface area contributed by atoms with Gasteiger partial charge in [0.15, 0.2) is 0 Å². The van der Waals surface area contributed by atoms with Crippen molar-refractivity contribution >= 4 is 22.7 Å². The van der Waals surface area contributed by atoms with Gasteiger partial charge in [0.2, 0.25) is 0 Å². The quantitative estimate of drug-likeness (QED) is 0.470. The topological polar surface area (TPSA) is 30.7 Å². The number of hydrogen-bond donors (Lipinski definition) is 0. The molecule has 1 aliphatic rings. The SMILES string of the molecule is c1ccc(-n2nc(CSc3ccnc4ccccc34)c3c2CCC3)cc1. The minimum atomic E-state index is 0.899. The second-order valence-corrected chi connectivity index (χ2v) is 7.60. The number of benzene rings is 2. The molecule has 0 bridgehead atoms. The van der Waals surface area contributed by atoms with E-state index in [0.717, 1.165) is 29.8 Å². The van der Waals surface area contributed by atoms with E-state index >= 15 is 0 Å². The van der Waals surface area contributed by atoms with Crippen molar-refractivity contribution in [2.45, 2.75) is 29.9 Å². The van der Waals surface area contributed by atoms with E-state index in [1.165, 1.54) is 33.7 Å². The second-order valence-electron chi connectivity index (χ2n) is 6.59. The molecule has 128 valence electrons. The molecule has 3 nitrogen and oxygen atoms in total. The maximum absolute atomic E-state index is 4.98. The second kappa shape index (κ2) is 6.61. The predicted octanol–water partition coefficient (Wildman–Crippen LogP) is 5.20. The third-order valence-corrected chi connectivity index (χ3v) is 6.07. The van der Waals surface area contributed by atoms with Gasteiger partial charge in [-0.25, -0.2) is 4.68 Å². The summed E-state index contributed by atoms with van der Waals surface area (Å²) in [6, 6.07) is 20.9. The molecule has 2 aromatic heterocycles. The normalized spacial score (nSPS) is 13.2. The molecule has 2 heterocycles. The summed E-state index contributed by atoms with van der Waals surface area (Å²) < 4.78 is 2.16. The zero-order valence-electron chi connectivity index (χ0n) is 14.4. The van der Waals surface area contributed by atoms with Crippen LogP contribution >= 0.6 is 11.8 Å². The van der Waals surface area contributed by atoms with Crippen LogP contribution in [0.2, 0.25) is 0 Å². The molecule has 0 fully saturated rings. The minimum Gasteiger partial charge on any atom is -0.256 e. The average molecular weight is 357 g/mol. The molecule has 5 rings (SSSR count). The third kappa shape index (κ3) is 2.71. The summed E-state index contributed by atoms with van der Waals surface area (Å²) in [4.78, 5) is 5.74. The van der Waals surface area contributed by atoms with Crippen molar-refractivity contribution in [2.24, 2.45) is 0 Å². The summed E-state index contributed by atoms with van der Waals surface area (Å²) in [5, 5.41) is 6.20. The Morgan fingerprint density at radius 3 is 2.69 bits per heavy atom. The smallest absolute Gasteiger partial charge is 0.0766 e. The highest BCUT2D eigenvalue weighted by Crippen LogP contribution is 2.33. The van der Waals surface area contributed by atoms with Gasteiger partial charge in [-0.05, 0) is 49.1 Å². The van der Waals surface area contributed by atoms with Crippen LogP contribution in [0.5, 0.6) is 0 Å². The van der Waals surface area contributed by atoms with Crippen LogP contribution < -0.4 is 0 Å². The first-order valence-electron chi connectivity index (χ1n) is 9.02. The van der Waals surface area contributed by atoms with E-state index in [9.17, 15) is 0 Å². The first-order valence-corrected chi connectivity index (χ1v) is 10.0. The molecule has 0 saturated carbocycles. The highest BCUT2D eigenvalue weighted by atomic mass is 32.2. The van der Waals surface area contributed by atoms with Crippen molar-refractivity contribution in [1.82, 2.24) is 14.8 Å². The van der Waals surface area contributed by atoms with E-state index in [1.54, 1.807) is 0 Å². The van der Waals surface area contributed by atoms with Gasteiger partial charge in [0.05, 0.1) is 16.9 Å². The minimum absolute atomic E-state index is 0.899. The van der Waals surface area contributed by atoms with Gasteiger partial charge in [0.25, 0.3) is 0 Å². The van der Waals surface area contributed by atoms with Crippen molar-refractivity contribution < 1.29 is 0 Å². The average Bonchev–Trinajstić information content (AvgIpc) is 3.30. The Hall–Kier alpha value is -2.59. The van der Waals surface area contributed by atoms with E-state index in [4.69, 9.17) is 5.10 Å². The van der Waals surface area contributed by atoms with Crippen molar-refractivity contribution in [3.8, 4) is 5.69 Å². The van der Waals surface area contributed by atoms with Crippen LogP contribution in [-0.4, -0.2) is 14.8 Å². The number of thioether (sulfide) groups is 1. The summed E-state index contributed by atoms with van der Waals surface area (Å²) in [6.07, 6.45) is 5.41. The van der Waals surface area contributed by atoms with E-state index in [2.05, 4.69) is 64.3 Å². The van der Waals surface area contributed by atoms with Crippen molar-refractivity contribution in [1.29, 1.82) is 0 Å². The summed E-state index contributed by atoms with van der Waals surface area (Å²) in [5.41, 5.74) is 6.30. The van der Waals surface area contributed by atoms with Gasteiger partial charge in [-0.15, -0.1) is 11.8 Å². The number of nitrogens with zero attached hydrogens (tertiary/aromatic N) is 3. The van der Waals surface area contributed by atoms with Gasteiger partial charge in [-0.1, -0.05) is 36.4 Å². The molecular formula is C22H19N3S. The summed E-state index contributed by atoms with van der Waals surface area (Å²) in [6.45, 7) is 0. The fourth-order valence-corrected chi connectivity index (χ4v) is 4.76. The van der Waals surface area contributed by atoms with Gasteiger partial charge in [0, 0.05) is 27.9 Å². The Bertz CT molecular complexity index is 1060. The van der Waals surface area contributed by atoms with Gasteiger partial charge in [-0.2, -0.15) is 5.10 Å². The highest BCUT2D eigenvalue weighted by molar-refractivity contribution is 7.98. The maximum atomic E-state index is 4.98. The zero-order valence-corrected chi connectivity index (χ0v) is 15.2. The molecule has 0 N–H and O–H groups in total. The molecule has 0 saturated heterocycles. The van der Waals surface area contributed by atoms with Crippen LogP contribution in [-0.2, 0) is 18.6 Å². The molecule has 0 unspecified atom stereocenters. The molecular weight excluding hydrogens is 338 g/mol. The van der Waals surface area contributed by atoms with Crippen LogP contribution in [0.3, 0.4) is 0 Å². The molecule has 4 aromatic rings. The van der Waals surface area contributed by atoms with E-state index < -0.39 is 0 Å². The molecule has 0 radical (unpaired) electrons. The monoisotopic (exact) mass is 357 g/mol. The summed E-state index contributed by atoms with van der Waals surface area (Å²) >= 11 is 1.86. The lowest BCUT2D eigenvalue weighted by Gasteiger charge is -2.06. The Morgan fingerprint density at radius 2 is 1.77 bits per heavy atom. The van der Waals surface area contributed by atoms with Crippen LogP contribution in [0.15, 0.2) is 71.8 Å². The number of rotatable bonds is 4. The molecule has 2 aromatic carbocycles. The Kier molecular flexibility index (Phi) is 3.98. The number of para-hydroxylation sites is 2. The molecule has 0 atom stereocenters. The van der Waals surface area contributed by atoms with Gasteiger partial charge in [0.1, 0.15) is 0 Å². The Balaban J connectivity index is 1.48. The fourth-order valence-electron chi connectivity index (χ4n) is 3.75. The van der Waals surface area contributed by atoms with Crippen molar-refractivity contribution in [3.05, 3.63) is 83.8 Å². The molecule has 4 heteroatoms. The van der Waals surface area contributed by atoms with Crippen LogP contribution in [0.25, 0.3) is 16.6 Å². The molecule has 26 heavy (non-hydrogen) atoms. The van der Waals surface area contributed by atoms with E-state index in [1.807, 2.05) is 24.0 Å². The number of fused-ring (bicyclic) bond motifs is 2. The Labute approximate surface area is 157 Å². The van der Waals surface area contributed by atoms with E-state index in [0.29, 0.717) is 0 Å². The predicted molar refractivity (Wildman–Crippen MR) is 107 cm³/mol. The van der Waals surface area contributed by atoms with Crippen molar-refractivity contribution in [3.63, 3.8) is 0 Å². The van der Waals surface area contributed by atoms with Gasteiger partial charge < -0.3 is 0 Å².